The van der Waals surface area contributed by atoms with E-state index in [1.807, 2.05) is 36.4 Å². The topological polar surface area (TPSA) is 46.2 Å². The standard InChI is InChI=1S/C15H19N3O/c1-3-9-16-15-11-13(8-10-17-15)18-12-4-6-14(19-2)7-5-12/h4-8,10-11H,3,9H2,1-2H3,(H2,16,17,18). The van der Waals surface area contributed by atoms with E-state index in [0.717, 1.165) is 35.9 Å². The molecule has 0 bridgehead atoms. The molecule has 0 saturated carbocycles. The predicted molar refractivity (Wildman–Crippen MR) is 79.3 cm³/mol. The van der Waals surface area contributed by atoms with Crippen molar-refractivity contribution in [3.8, 4) is 5.75 Å². The first-order chi connectivity index (χ1) is 9.31. The van der Waals surface area contributed by atoms with E-state index >= 15 is 0 Å². The van der Waals surface area contributed by atoms with Crippen molar-refractivity contribution < 1.29 is 4.74 Å². The number of pyridine rings is 1. The van der Waals surface area contributed by atoms with Gasteiger partial charge in [0.2, 0.25) is 0 Å². The van der Waals surface area contributed by atoms with Crippen LogP contribution in [-0.2, 0) is 0 Å². The number of nitrogens with zero attached hydrogens (tertiary/aromatic N) is 1. The van der Waals surface area contributed by atoms with Crippen LogP contribution in [-0.4, -0.2) is 18.6 Å². The van der Waals surface area contributed by atoms with E-state index in [0.29, 0.717) is 0 Å². The number of aromatic nitrogens is 1. The highest BCUT2D eigenvalue weighted by molar-refractivity contribution is 5.62. The summed E-state index contributed by atoms with van der Waals surface area (Å²) in [6, 6.07) is 11.8. The van der Waals surface area contributed by atoms with E-state index in [9.17, 15) is 0 Å². The summed E-state index contributed by atoms with van der Waals surface area (Å²) < 4.78 is 5.14. The number of rotatable bonds is 6. The highest BCUT2D eigenvalue weighted by Crippen LogP contribution is 2.21. The Morgan fingerprint density at radius 2 is 1.89 bits per heavy atom. The van der Waals surface area contributed by atoms with Gasteiger partial charge in [0.05, 0.1) is 7.11 Å². The van der Waals surface area contributed by atoms with E-state index in [-0.39, 0.29) is 0 Å². The number of ether oxygens (including phenoxy) is 1. The van der Waals surface area contributed by atoms with Gasteiger partial charge in [-0.25, -0.2) is 4.98 Å². The number of anilines is 3. The molecule has 0 spiro atoms. The Kier molecular flexibility index (Phi) is 4.61. The van der Waals surface area contributed by atoms with Gasteiger partial charge in [-0.05, 0) is 36.8 Å². The second-order valence-electron chi connectivity index (χ2n) is 4.21. The lowest BCUT2D eigenvalue weighted by Crippen LogP contribution is -2.02. The van der Waals surface area contributed by atoms with E-state index in [4.69, 9.17) is 4.74 Å². The molecule has 0 atom stereocenters. The van der Waals surface area contributed by atoms with E-state index < -0.39 is 0 Å². The van der Waals surface area contributed by atoms with Crippen molar-refractivity contribution in [1.82, 2.24) is 4.98 Å². The summed E-state index contributed by atoms with van der Waals surface area (Å²) in [5.74, 6) is 1.74. The number of benzene rings is 1. The van der Waals surface area contributed by atoms with Crippen LogP contribution in [0.1, 0.15) is 13.3 Å². The van der Waals surface area contributed by atoms with E-state index in [1.165, 1.54) is 0 Å². The average Bonchev–Trinajstić information content (AvgIpc) is 2.46. The second kappa shape index (κ2) is 6.64. The first-order valence-electron chi connectivity index (χ1n) is 6.43. The third-order valence-electron chi connectivity index (χ3n) is 2.69. The molecule has 0 fully saturated rings. The maximum atomic E-state index is 5.14. The monoisotopic (exact) mass is 257 g/mol. The molecule has 4 heteroatoms. The SMILES string of the molecule is CCCNc1cc(Nc2ccc(OC)cc2)ccn1. The molecule has 0 aliphatic carbocycles. The molecular weight excluding hydrogens is 238 g/mol. The van der Waals surface area contributed by atoms with Crippen molar-refractivity contribution in [3.05, 3.63) is 42.6 Å². The van der Waals surface area contributed by atoms with Crippen LogP contribution >= 0.6 is 0 Å². The Balaban J connectivity index is 2.05. The molecule has 0 aliphatic heterocycles. The number of hydrogen-bond donors (Lipinski definition) is 2. The second-order valence-corrected chi connectivity index (χ2v) is 4.21. The van der Waals surface area contributed by atoms with Gasteiger partial charge in [0.15, 0.2) is 0 Å². The van der Waals surface area contributed by atoms with E-state index in [1.54, 1.807) is 13.3 Å². The van der Waals surface area contributed by atoms with Crippen molar-refractivity contribution in [2.24, 2.45) is 0 Å². The highest BCUT2D eigenvalue weighted by Gasteiger charge is 1.98. The largest absolute Gasteiger partial charge is 0.497 e. The number of nitrogens with one attached hydrogen (secondary N) is 2. The van der Waals surface area contributed by atoms with Crippen molar-refractivity contribution in [2.75, 3.05) is 24.3 Å². The molecule has 2 N–H and O–H groups in total. The Morgan fingerprint density at radius 1 is 1.11 bits per heavy atom. The lowest BCUT2D eigenvalue weighted by atomic mass is 10.3. The minimum absolute atomic E-state index is 0.852. The van der Waals surface area contributed by atoms with Crippen LogP contribution in [0.2, 0.25) is 0 Å². The summed E-state index contributed by atoms with van der Waals surface area (Å²) in [6.45, 7) is 3.06. The first-order valence-corrected chi connectivity index (χ1v) is 6.43. The third kappa shape index (κ3) is 3.88. The Labute approximate surface area is 113 Å². The quantitative estimate of drug-likeness (QED) is 0.829. The summed E-state index contributed by atoms with van der Waals surface area (Å²) in [5.41, 5.74) is 2.03. The maximum absolute atomic E-state index is 5.14. The van der Waals surface area contributed by atoms with Crippen LogP contribution in [0.3, 0.4) is 0 Å². The molecule has 0 amide bonds. The van der Waals surface area contributed by atoms with Gasteiger partial charge >= 0.3 is 0 Å². The molecule has 2 aromatic rings. The zero-order valence-corrected chi connectivity index (χ0v) is 11.3. The number of hydrogen-bond acceptors (Lipinski definition) is 4. The van der Waals surface area contributed by atoms with Gasteiger partial charge in [0, 0.05) is 30.2 Å². The lowest BCUT2D eigenvalue weighted by Gasteiger charge is -2.09. The fourth-order valence-electron chi connectivity index (χ4n) is 1.70. The van der Waals surface area contributed by atoms with Gasteiger partial charge in [0.25, 0.3) is 0 Å². The van der Waals surface area contributed by atoms with Gasteiger partial charge in [-0.15, -0.1) is 0 Å². The van der Waals surface area contributed by atoms with Crippen LogP contribution in [0.4, 0.5) is 17.2 Å². The summed E-state index contributed by atoms with van der Waals surface area (Å²) in [7, 11) is 1.66. The zero-order chi connectivity index (χ0) is 13.5. The van der Waals surface area contributed by atoms with Gasteiger partial charge in [-0.3, -0.25) is 0 Å². The van der Waals surface area contributed by atoms with Crippen molar-refractivity contribution in [3.63, 3.8) is 0 Å². The fourth-order valence-corrected chi connectivity index (χ4v) is 1.70. The molecule has 1 heterocycles. The number of methoxy groups -OCH3 is 1. The predicted octanol–water partition coefficient (Wildman–Crippen LogP) is 3.66. The Morgan fingerprint density at radius 3 is 2.58 bits per heavy atom. The molecular formula is C15H19N3O. The molecule has 2 rings (SSSR count). The van der Waals surface area contributed by atoms with Crippen LogP contribution < -0.4 is 15.4 Å². The third-order valence-corrected chi connectivity index (χ3v) is 2.69. The van der Waals surface area contributed by atoms with Gasteiger partial charge < -0.3 is 15.4 Å². The van der Waals surface area contributed by atoms with Crippen LogP contribution in [0.5, 0.6) is 5.75 Å². The molecule has 1 aromatic carbocycles. The molecule has 19 heavy (non-hydrogen) atoms. The van der Waals surface area contributed by atoms with E-state index in [2.05, 4.69) is 22.5 Å². The lowest BCUT2D eigenvalue weighted by molar-refractivity contribution is 0.415. The van der Waals surface area contributed by atoms with Crippen molar-refractivity contribution in [2.45, 2.75) is 13.3 Å². The van der Waals surface area contributed by atoms with Crippen LogP contribution in [0.15, 0.2) is 42.6 Å². The Bertz CT molecular complexity index is 511. The van der Waals surface area contributed by atoms with Crippen LogP contribution in [0.25, 0.3) is 0 Å². The minimum Gasteiger partial charge on any atom is -0.497 e. The van der Waals surface area contributed by atoms with Crippen molar-refractivity contribution >= 4 is 17.2 Å². The zero-order valence-electron chi connectivity index (χ0n) is 11.3. The van der Waals surface area contributed by atoms with Gasteiger partial charge in [-0.2, -0.15) is 0 Å². The maximum Gasteiger partial charge on any atom is 0.127 e. The first kappa shape index (κ1) is 13.2. The molecule has 0 unspecified atom stereocenters. The molecule has 0 radical (unpaired) electrons. The smallest absolute Gasteiger partial charge is 0.127 e. The van der Waals surface area contributed by atoms with Gasteiger partial charge in [-0.1, -0.05) is 6.92 Å². The minimum atomic E-state index is 0.852. The molecule has 0 saturated heterocycles. The van der Waals surface area contributed by atoms with Gasteiger partial charge in [0.1, 0.15) is 11.6 Å². The Hall–Kier alpha value is -2.23. The normalized spacial score (nSPS) is 10.0. The molecule has 0 aliphatic rings. The summed E-state index contributed by atoms with van der Waals surface area (Å²) >= 11 is 0. The van der Waals surface area contributed by atoms with Crippen molar-refractivity contribution in [1.29, 1.82) is 0 Å². The van der Waals surface area contributed by atoms with Crippen LogP contribution in [0, 0.1) is 0 Å². The molecule has 100 valence electrons. The highest BCUT2D eigenvalue weighted by atomic mass is 16.5. The summed E-state index contributed by atoms with van der Waals surface area (Å²) in [5, 5.41) is 6.60. The average molecular weight is 257 g/mol. The fraction of sp³-hybridized carbons (Fsp3) is 0.267. The molecule has 1 aromatic heterocycles. The summed E-state index contributed by atoms with van der Waals surface area (Å²) in [4.78, 5) is 4.27. The molecule has 4 nitrogen and oxygen atoms in total. The summed E-state index contributed by atoms with van der Waals surface area (Å²) in [6.07, 6.45) is 2.88.